The minimum Gasteiger partial charge on any atom is -0.329 e. The molecule has 3 rings (SSSR count). The Morgan fingerprint density at radius 3 is 2.85 bits per heavy atom. The molecule has 4 nitrogen and oxygen atoms in total. The van der Waals surface area contributed by atoms with Crippen LogP contribution in [0.5, 0.6) is 0 Å². The van der Waals surface area contributed by atoms with E-state index in [1.54, 1.807) is 0 Å². The van der Waals surface area contributed by atoms with Crippen LogP contribution in [-0.2, 0) is 11.2 Å². The molecule has 0 spiro atoms. The summed E-state index contributed by atoms with van der Waals surface area (Å²) in [6.07, 6.45) is -4.34. The van der Waals surface area contributed by atoms with Gasteiger partial charge in [0, 0.05) is 24.2 Å². The van der Waals surface area contributed by atoms with Crippen LogP contribution in [0.2, 0.25) is 0 Å². The molecule has 3 heterocycles. The Hall–Kier alpha value is -1.73. The van der Waals surface area contributed by atoms with Crippen molar-refractivity contribution in [2.24, 2.45) is 0 Å². The summed E-state index contributed by atoms with van der Waals surface area (Å²) >= 11 is 0. The lowest BCUT2D eigenvalue weighted by Crippen LogP contribution is -2.49. The molecule has 108 valence electrons. The second kappa shape index (κ2) is 4.39. The maximum Gasteiger partial charge on any atom is 0.428 e. The zero-order valence-corrected chi connectivity index (χ0v) is 10.3. The maximum atomic E-state index is 13.3. The number of carbonyl (C=O) groups excluding carboxylic acids is 1. The van der Waals surface area contributed by atoms with Gasteiger partial charge in [-0.1, -0.05) is 0 Å². The van der Waals surface area contributed by atoms with Gasteiger partial charge in [0.2, 0.25) is 0 Å². The summed E-state index contributed by atoms with van der Waals surface area (Å²) in [5.41, 5.74) is 1.36. The van der Waals surface area contributed by atoms with Crippen molar-refractivity contribution < 1.29 is 22.4 Å². The van der Waals surface area contributed by atoms with E-state index >= 15 is 0 Å². The van der Waals surface area contributed by atoms with E-state index in [1.165, 1.54) is 12.5 Å². The third-order valence-electron chi connectivity index (χ3n) is 3.88. The number of rotatable bonds is 1. The van der Waals surface area contributed by atoms with Gasteiger partial charge in [0.15, 0.2) is 0 Å². The van der Waals surface area contributed by atoms with E-state index in [0.29, 0.717) is 24.8 Å². The van der Waals surface area contributed by atoms with Gasteiger partial charge < -0.3 is 4.90 Å². The molecule has 2 aliphatic heterocycles. The lowest BCUT2D eigenvalue weighted by molar-refractivity contribution is -0.195. The van der Waals surface area contributed by atoms with Gasteiger partial charge in [-0.3, -0.25) is 4.79 Å². The third kappa shape index (κ3) is 1.94. The lowest BCUT2D eigenvalue weighted by atomic mass is 9.98. The molecule has 0 radical (unpaired) electrons. The van der Waals surface area contributed by atoms with E-state index in [4.69, 9.17) is 0 Å². The van der Waals surface area contributed by atoms with Crippen molar-refractivity contribution in [3.8, 4) is 0 Å². The average Bonchev–Trinajstić information content (AvgIpc) is 2.71. The Balaban J connectivity index is 1.92. The Morgan fingerprint density at radius 1 is 1.40 bits per heavy atom. The van der Waals surface area contributed by atoms with Gasteiger partial charge >= 0.3 is 6.18 Å². The van der Waals surface area contributed by atoms with Gasteiger partial charge in [-0.2, -0.15) is 13.2 Å². The summed E-state index contributed by atoms with van der Waals surface area (Å²) < 4.78 is 50.4. The number of alkyl halides is 4. The fraction of sp³-hybridized carbons (Fsp3) is 0.583. The Kier molecular flexibility index (Phi) is 2.91. The number of amides is 1. The lowest BCUT2D eigenvalue weighted by Gasteiger charge is -2.36. The van der Waals surface area contributed by atoms with Crippen LogP contribution in [0.25, 0.3) is 0 Å². The molecule has 20 heavy (non-hydrogen) atoms. The predicted molar refractivity (Wildman–Crippen MR) is 59.3 cm³/mol. The Morgan fingerprint density at radius 2 is 2.15 bits per heavy atom. The monoisotopic (exact) mass is 289 g/mol. The fourth-order valence-electron chi connectivity index (χ4n) is 3.03. The van der Waals surface area contributed by atoms with Crippen LogP contribution >= 0.6 is 0 Å². The van der Waals surface area contributed by atoms with Crippen LogP contribution in [0, 0.1) is 0 Å². The second-order valence-corrected chi connectivity index (χ2v) is 5.03. The van der Waals surface area contributed by atoms with Gasteiger partial charge in [-0.05, 0) is 12.8 Å². The molecule has 1 aromatic rings. The van der Waals surface area contributed by atoms with Crippen LogP contribution in [0.1, 0.15) is 30.1 Å². The van der Waals surface area contributed by atoms with Crippen molar-refractivity contribution in [3.05, 3.63) is 23.8 Å². The SMILES string of the molecule is O=C(C(F)C(F)(F)F)N1C2CCC1c1cncnc1C2. The molecule has 1 fully saturated rings. The predicted octanol–water partition coefficient (Wildman–Crippen LogP) is 1.97. The molecule has 1 aromatic heterocycles. The summed E-state index contributed by atoms with van der Waals surface area (Å²) in [4.78, 5) is 20.8. The summed E-state index contributed by atoms with van der Waals surface area (Å²) in [7, 11) is 0. The summed E-state index contributed by atoms with van der Waals surface area (Å²) in [6.45, 7) is 0. The highest BCUT2D eigenvalue weighted by molar-refractivity contribution is 5.83. The number of halogens is 4. The highest BCUT2D eigenvalue weighted by Gasteiger charge is 2.52. The molecule has 0 aliphatic carbocycles. The quantitative estimate of drug-likeness (QED) is 0.743. The molecule has 0 N–H and O–H groups in total. The maximum absolute atomic E-state index is 13.3. The molecule has 1 saturated heterocycles. The van der Waals surface area contributed by atoms with Gasteiger partial charge in [-0.25, -0.2) is 14.4 Å². The standard InChI is InChI=1S/C12H11F4N3O/c13-10(12(14,15)16)11(20)19-6-1-2-9(19)7-4-17-5-18-8(7)3-6/h4-6,9-10H,1-3H2. The number of fused-ring (bicyclic) bond motifs is 4. The van der Waals surface area contributed by atoms with E-state index < -0.39 is 30.3 Å². The van der Waals surface area contributed by atoms with E-state index in [0.717, 1.165) is 10.6 Å². The first-order chi connectivity index (χ1) is 9.39. The van der Waals surface area contributed by atoms with Gasteiger partial charge in [0.25, 0.3) is 12.1 Å². The van der Waals surface area contributed by atoms with Crippen LogP contribution in [0.15, 0.2) is 12.5 Å². The van der Waals surface area contributed by atoms with Crippen molar-refractivity contribution in [1.82, 2.24) is 14.9 Å². The molecule has 1 amide bonds. The number of hydrogen-bond donors (Lipinski definition) is 0. The number of hydrogen-bond acceptors (Lipinski definition) is 3. The smallest absolute Gasteiger partial charge is 0.329 e. The largest absolute Gasteiger partial charge is 0.428 e. The van der Waals surface area contributed by atoms with E-state index in [-0.39, 0.29) is 0 Å². The molecule has 0 saturated carbocycles. The molecule has 3 atom stereocenters. The van der Waals surface area contributed by atoms with Crippen molar-refractivity contribution in [3.63, 3.8) is 0 Å². The topological polar surface area (TPSA) is 46.1 Å². The van der Waals surface area contributed by atoms with E-state index in [1.807, 2.05) is 0 Å². The number of aromatic nitrogens is 2. The van der Waals surface area contributed by atoms with Crippen molar-refractivity contribution >= 4 is 5.91 Å². The highest BCUT2D eigenvalue weighted by atomic mass is 19.4. The first kappa shape index (κ1) is 13.3. The molecule has 2 bridgehead atoms. The first-order valence-electron chi connectivity index (χ1n) is 6.21. The minimum atomic E-state index is -5.16. The second-order valence-electron chi connectivity index (χ2n) is 5.03. The van der Waals surface area contributed by atoms with Gasteiger partial charge in [0.05, 0.1) is 11.7 Å². The van der Waals surface area contributed by atoms with Crippen molar-refractivity contribution in [1.29, 1.82) is 0 Å². The summed E-state index contributed by atoms with van der Waals surface area (Å²) in [5, 5.41) is 0. The molecule has 3 unspecified atom stereocenters. The summed E-state index contributed by atoms with van der Waals surface area (Å²) in [5.74, 6) is -1.50. The zero-order chi connectivity index (χ0) is 14.5. The van der Waals surface area contributed by atoms with E-state index in [9.17, 15) is 22.4 Å². The van der Waals surface area contributed by atoms with Crippen molar-refractivity contribution in [2.75, 3.05) is 0 Å². The average molecular weight is 289 g/mol. The molecule has 0 aromatic carbocycles. The van der Waals surface area contributed by atoms with Crippen LogP contribution in [0.3, 0.4) is 0 Å². The van der Waals surface area contributed by atoms with Gasteiger partial charge in [0.1, 0.15) is 6.33 Å². The van der Waals surface area contributed by atoms with Crippen molar-refractivity contribution in [2.45, 2.75) is 43.7 Å². The highest BCUT2D eigenvalue weighted by Crippen LogP contribution is 2.44. The van der Waals surface area contributed by atoms with E-state index in [2.05, 4.69) is 9.97 Å². The Bertz CT molecular complexity index is 548. The van der Waals surface area contributed by atoms with Crippen LogP contribution in [0.4, 0.5) is 17.6 Å². The van der Waals surface area contributed by atoms with Crippen LogP contribution < -0.4 is 0 Å². The normalized spacial score (nSPS) is 26.3. The molecular formula is C12H11F4N3O. The molecule has 8 heteroatoms. The molecule has 2 aliphatic rings. The first-order valence-corrected chi connectivity index (χ1v) is 6.21. The van der Waals surface area contributed by atoms with Crippen LogP contribution in [-0.4, -0.2) is 39.2 Å². The molecular weight excluding hydrogens is 278 g/mol. The fourth-order valence-corrected chi connectivity index (χ4v) is 3.03. The zero-order valence-electron chi connectivity index (χ0n) is 10.3. The Labute approximate surface area is 111 Å². The number of carbonyl (C=O) groups is 1. The minimum absolute atomic E-state index is 0.352. The van der Waals surface area contributed by atoms with Gasteiger partial charge in [-0.15, -0.1) is 0 Å². The third-order valence-corrected chi connectivity index (χ3v) is 3.88. The number of nitrogens with zero attached hydrogens (tertiary/aromatic N) is 3. The summed E-state index contributed by atoms with van der Waals surface area (Å²) in [6, 6.07) is -0.950.